The number of nitrogens with one attached hydrogen (secondary N) is 2. The van der Waals surface area contributed by atoms with E-state index < -0.39 is 6.61 Å². The van der Waals surface area contributed by atoms with E-state index in [0.29, 0.717) is 29.3 Å². The van der Waals surface area contributed by atoms with Crippen LogP contribution in [0.3, 0.4) is 0 Å². The molecule has 0 fully saturated rings. The van der Waals surface area contributed by atoms with Crippen LogP contribution in [0.1, 0.15) is 18.9 Å². The Bertz CT molecular complexity index is 787. The highest BCUT2D eigenvalue weighted by atomic mass is 19.3. The number of anilines is 1. The van der Waals surface area contributed by atoms with Crippen molar-refractivity contribution in [2.75, 3.05) is 19.5 Å². The Kier molecular flexibility index (Phi) is 8.01. The van der Waals surface area contributed by atoms with Crippen molar-refractivity contribution in [2.24, 2.45) is 0 Å². The largest absolute Gasteiger partial charge is 0.497 e. The van der Waals surface area contributed by atoms with Crippen molar-refractivity contribution in [1.82, 2.24) is 5.32 Å². The number of carbonyl (C=O) groups is 1. The summed E-state index contributed by atoms with van der Waals surface area (Å²) in [5.74, 6) is 1.02. The summed E-state index contributed by atoms with van der Waals surface area (Å²) in [6, 6.07) is 11.4. The van der Waals surface area contributed by atoms with Gasteiger partial charge in [-0.2, -0.15) is 8.78 Å². The van der Waals surface area contributed by atoms with Gasteiger partial charge in [0.2, 0.25) is 5.91 Å². The lowest BCUT2D eigenvalue weighted by atomic mass is 10.1. The van der Waals surface area contributed by atoms with Gasteiger partial charge in [0.05, 0.1) is 19.9 Å². The normalized spacial score (nSPS) is 11.8. The van der Waals surface area contributed by atoms with Gasteiger partial charge in [-0.25, -0.2) is 0 Å². The number of carbonyl (C=O) groups excluding carboxylic acids is 1. The molecule has 1 amide bonds. The lowest BCUT2D eigenvalue weighted by Crippen LogP contribution is -2.30. The van der Waals surface area contributed by atoms with Crippen molar-refractivity contribution in [3.8, 4) is 17.2 Å². The first-order valence-corrected chi connectivity index (χ1v) is 8.71. The third-order valence-electron chi connectivity index (χ3n) is 4.00. The highest BCUT2D eigenvalue weighted by Gasteiger charge is 2.14. The first-order valence-electron chi connectivity index (χ1n) is 8.71. The monoisotopic (exact) mass is 394 g/mol. The predicted molar refractivity (Wildman–Crippen MR) is 102 cm³/mol. The molecule has 2 aromatic carbocycles. The topological polar surface area (TPSA) is 68.8 Å². The third-order valence-corrected chi connectivity index (χ3v) is 4.00. The summed E-state index contributed by atoms with van der Waals surface area (Å²) in [7, 11) is 3.05. The molecule has 28 heavy (non-hydrogen) atoms. The Balaban J connectivity index is 1.90. The molecule has 0 aliphatic carbocycles. The summed E-state index contributed by atoms with van der Waals surface area (Å²) >= 11 is 0. The Morgan fingerprint density at radius 2 is 1.82 bits per heavy atom. The van der Waals surface area contributed by atoms with Gasteiger partial charge in [-0.05, 0) is 25.1 Å². The number of rotatable bonds is 10. The number of alkyl halides is 2. The van der Waals surface area contributed by atoms with Gasteiger partial charge >= 0.3 is 6.61 Å². The molecule has 0 heterocycles. The molecule has 2 N–H and O–H groups in total. The lowest BCUT2D eigenvalue weighted by molar-refractivity contribution is -0.116. The molecule has 0 radical (unpaired) electrons. The van der Waals surface area contributed by atoms with Crippen molar-refractivity contribution in [2.45, 2.75) is 32.5 Å². The smallest absolute Gasteiger partial charge is 0.387 e. The Morgan fingerprint density at radius 1 is 1.07 bits per heavy atom. The standard InChI is InChI=1S/C20H24F2N2O4/c1-13(23-12-14-6-4-5-7-17(14)28-20(21)22)10-19(25)24-16-9-8-15(26-2)11-18(16)27-3/h4-9,11,13,20,23H,10,12H2,1-3H3,(H,24,25). The van der Waals surface area contributed by atoms with Crippen molar-refractivity contribution in [3.05, 3.63) is 48.0 Å². The first-order chi connectivity index (χ1) is 13.4. The fraction of sp³-hybridized carbons (Fsp3) is 0.350. The zero-order chi connectivity index (χ0) is 20.5. The number of methoxy groups -OCH3 is 2. The molecule has 2 rings (SSSR count). The Labute approximate surface area is 162 Å². The quantitative estimate of drug-likeness (QED) is 0.641. The van der Waals surface area contributed by atoms with E-state index in [4.69, 9.17) is 9.47 Å². The number of benzene rings is 2. The molecule has 8 heteroatoms. The van der Waals surface area contributed by atoms with E-state index in [1.54, 1.807) is 43.5 Å². The minimum atomic E-state index is -2.89. The van der Waals surface area contributed by atoms with Gasteiger partial charge in [0.25, 0.3) is 0 Å². The van der Waals surface area contributed by atoms with Crippen LogP contribution in [-0.4, -0.2) is 32.8 Å². The summed E-state index contributed by atoms with van der Waals surface area (Å²) in [4.78, 5) is 12.3. The van der Waals surface area contributed by atoms with Crippen molar-refractivity contribution < 1.29 is 27.8 Å². The number of hydrogen-bond donors (Lipinski definition) is 2. The molecule has 0 bridgehead atoms. The molecule has 0 aromatic heterocycles. The van der Waals surface area contributed by atoms with E-state index in [1.165, 1.54) is 13.2 Å². The van der Waals surface area contributed by atoms with E-state index in [2.05, 4.69) is 15.4 Å². The summed E-state index contributed by atoms with van der Waals surface area (Å²) in [6.45, 7) is -0.756. The van der Waals surface area contributed by atoms with Crippen LogP contribution in [0, 0.1) is 0 Å². The summed E-state index contributed by atoms with van der Waals surface area (Å²) < 4.78 is 39.8. The molecule has 0 saturated carbocycles. The maximum absolute atomic E-state index is 12.5. The number of para-hydroxylation sites is 1. The van der Waals surface area contributed by atoms with E-state index in [1.807, 2.05) is 6.92 Å². The lowest BCUT2D eigenvalue weighted by Gasteiger charge is -2.17. The number of halogens is 2. The van der Waals surface area contributed by atoms with Gasteiger partial charge < -0.3 is 24.8 Å². The van der Waals surface area contributed by atoms with Gasteiger partial charge in [0, 0.05) is 30.6 Å². The van der Waals surface area contributed by atoms with Crippen LogP contribution < -0.4 is 24.8 Å². The predicted octanol–water partition coefficient (Wildman–Crippen LogP) is 3.81. The second kappa shape index (κ2) is 10.5. The van der Waals surface area contributed by atoms with Crippen LogP contribution in [0.25, 0.3) is 0 Å². The highest BCUT2D eigenvalue weighted by Crippen LogP contribution is 2.29. The molecule has 1 unspecified atom stereocenters. The highest BCUT2D eigenvalue weighted by molar-refractivity contribution is 5.92. The Hall–Kier alpha value is -2.87. The van der Waals surface area contributed by atoms with Gasteiger partial charge in [0.1, 0.15) is 17.2 Å². The fourth-order valence-electron chi connectivity index (χ4n) is 2.60. The summed E-state index contributed by atoms with van der Waals surface area (Å²) in [6.07, 6.45) is 0.188. The molecule has 0 aliphatic rings. The Morgan fingerprint density at radius 3 is 2.50 bits per heavy atom. The first kappa shape index (κ1) is 21.4. The zero-order valence-corrected chi connectivity index (χ0v) is 16.0. The molecular weight excluding hydrogens is 370 g/mol. The van der Waals surface area contributed by atoms with E-state index in [9.17, 15) is 13.6 Å². The van der Waals surface area contributed by atoms with Crippen LogP contribution in [0.4, 0.5) is 14.5 Å². The van der Waals surface area contributed by atoms with Gasteiger partial charge in [-0.15, -0.1) is 0 Å². The molecule has 0 aliphatic heterocycles. The second-order valence-corrected chi connectivity index (χ2v) is 6.09. The molecule has 1 atom stereocenters. The van der Waals surface area contributed by atoms with Crippen LogP contribution in [0.2, 0.25) is 0 Å². The van der Waals surface area contributed by atoms with E-state index in [0.717, 1.165) is 0 Å². The summed E-state index contributed by atoms with van der Waals surface area (Å²) in [5, 5.41) is 5.94. The molecule has 2 aromatic rings. The fourth-order valence-corrected chi connectivity index (χ4v) is 2.60. The minimum absolute atomic E-state index is 0.115. The SMILES string of the molecule is COc1ccc(NC(=O)CC(C)NCc2ccccc2OC(F)F)c(OC)c1. The van der Waals surface area contributed by atoms with Crippen molar-refractivity contribution in [3.63, 3.8) is 0 Å². The molecule has 6 nitrogen and oxygen atoms in total. The minimum Gasteiger partial charge on any atom is -0.497 e. The number of amides is 1. The van der Waals surface area contributed by atoms with Gasteiger partial charge in [0.15, 0.2) is 0 Å². The van der Waals surface area contributed by atoms with Crippen LogP contribution >= 0.6 is 0 Å². The van der Waals surface area contributed by atoms with Gasteiger partial charge in [-0.1, -0.05) is 18.2 Å². The van der Waals surface area contributed by atoms with Crippen LogP contribution in [0.5, 0.6) is 17.2 Å². The molecule has 152 valence electrons. The van der Waals surface area contributed by atoms with Crippen LogP contribution in [0.15, 0.2) is 42.5 Å². The average Bonchev–Trinajstić information content (AvgIpc) is 2.67. The maximum atomic E-state index is 12.5. The third kappa shape index (κ3) is 6.38. The van der Waals surface area contributed by atoms with Gasteiger partial charge in [-0.3, -0.25) is 4.79 Å². The van der Waals surface area contributed by atoms with E-state index in [-0.39, 0.29) is 24.1 Å². The summed E-state index contributed by atoms with van der Waals surface area (Å²) in [5.41, 5.74) is 1.13. The zero-order valence-electron chi connectivity index (χ0n) is 16.0. The van der Waals surface area contributed by atoms with Crippen LogP contribution in [-0.2, 0) is 11.3 Å². The maximum Gasteiger partial charge on any atom is 0.387 e. The van der Waals surface area contributed by atoms with Crippen molar-refractivity contribution >= 4 is 11.6 Å². The number of ether oxygens (including phenoxy) is 3. The van der Waals surface area contributed by atoms with Crippen molar-refractivity contribution in [1.29, 1.82) is 0 Å². The number of hydrogen-bond acceptors (Lipinski definition) is 5. The molecule has 0 saturated heterocycles. The second-order valence-electron chi connectivity index (χ2n) is 6.09. The average molecular weight is 394 g/mol. The van der Waals surface area contributed by atoms with E-state index >= 15 is 0 Å². The molecule has 0 spiro atoms. The molecular formula is C20H24F2N2O4.